The third-order valence-corrected chi connectivity index (χ3v) is 3.92. The summed E-state index contributed by atoms with van der Waals surface area (Å²) in [6.07, 6.45) is -4.77. The highest BCUT2D eigenvalue weighted by atomic mass is 19.4. The second kappa shape index (κ2) is 7.83. The molecule has 2 heterocycles. The first-order valence-corrected chi connectivity index (χ1v) is 8.20. The number of aromatic nitrogens is 3. The third-order valence-electron chi connectivity index (χ3n) is 3.92. The van der Waals surface area contributed by atoms with Crippen molar-refractivity contribution in [2.24, 2.45) is 0 Å². The zero-order valence-corrected chi connectivity index (χ0v) is 14.9. The van der Waals surface area contributed by atoms with E-state index >= 15 is 0 Å². The summed E-state index contributed by atoms with van der Waals surface area (Å²) in [5.41, 5.74) is -1.58. The first-order chi connectivity index (χ1) is 13.7. The second-order valence-electron chi connectivity index (χ2n) is 5.88. The molecule has 0 aliphatic heterocycles. The number of nitro groups is 1. The summed E-state index contributed by atoms with van der Waals surface area (Å²) in [6.45, 7) is 0.395. The van der Waals surface area contributed by atoms with Gasteiger partial charge in [0.2, 0.25) is 0 Å². The number of carbonyl (C=O) groups excluding carboxylic acids is 1. The lowest BCUT2D eigenvalue weighted by atomic mass is 10.1. The van der Waals surface area contributed by atoms with Crippen molar-refractivity contribution in [2.45, 2.75) is 6.18 Å². The molecule has 9 nitrogen and oxygen atoms in total. The van der Waals surface area contributed by atoms with Crippen LogP contribution in [0.25, 0.3) is 16.9 Å². The number of nitrogens with one attached hydrogen (secondary N) is 1. The molecule has 0 aliphatic rings. The van der Waals surface area contributed by atoms with Gasteiger partial charge in [-0.1, -0.05) is 0 Å². The topological polar surface area (TPSA) is 112 Å². The molecule has 0 bridgehead atoms. The highest BCUT2D eigenvalue weighted by Gasteiger charge is 2.35. The number of alkyl halides is 3. The molecule has 0 radical (unpaired) electrons. The Kier molecular flexibility index (Phi) is 5.46. The minimum absolute atomic E-state index is 0.0639. The van der Waals surface area contributed by atoms with Crippen LogP contribution in [0.15, 0.2) is 36.4 Å². The SMILES string of the molecule is COCCNC(=O)c1cc2nc(-c3ccc([N+](=O)[O-])cc3)cc(C(F)(F)F)n2n1. The first kappa shape index (κ1) is 20.2. The van der Waals surface area contributed by atoms with E-state index in [1.54, 1.807) is 0 Å². The molecule has 2 aromatic heterocycles. The van der Waals surface area contributed by atoms with E-state index in [0.29, 0.717) is 4.52 Å². The van der Waals surface area contributed by atoms with Gasteiger partial charge >= 0.3 is 6.18 Å². The van der Waals surface area contributed by atoms with Gasteiger partial charge in [0.15, 0.2) is 17.0 Å². The largest absolute Gasteiger partial charge is 0.433 e. The molecule has 0 saturated heterocycles. The molecule has 0 atom stereocenters. The van der Waals surface area contributed by atoms with Crippen LogP contribution in [0.2, 0.25) is 0 Å². The molecule has 0 spiro atoms. The quantitative estimate of drug-likeness (QED) is 0.381. The van der Waals surface area contributed by atoms with E-state index in [9.17, 15) is 28.1 Å². The number of ether oxygens (including phenoxy) is 1. The van der Waals surface area contributed by atoms with Crippen LogP contribution in [0.1, 0.15) is 16.2 Å². The maximum Gasteiger partial charge on any atom is 0.433 e. The van der Waals surface area contributed by atoms with Crippen molar-refractivity contribution in [1.82, 2.24) is 19.9 Å². The summed E-state index contributed by atoms with van der Waals surface area (Å²) in [7, 11) is 1.44. The van der Waals surface area contributed by atoms with Gasteiger partial charge in [-0.05, 0) is 18.2 Å². The third kappa shape index (κ3) is 4.32. The standard InChI is InChI=1S/C17H14F3N5O4/c1-29-7-6-21-16(26)13-9-15-22-12(8-14(17(18,19)20)24(15)23-13)10-2-4-11(5-3-10)25(27)28/h2-5,8-9H,6-7H2,1H3,(H,21,26). The number of nitro benzene ring substituents is 1. The van der Waals surface area contributed by atoms with Gasteiger partial charge in [-0.25, -0.2) is 9.50 Å². The van der Waals surface area contributed by atoms with Gasteiger partial charge in [-0.2, -0.15) is 18.3 Å². The lowest BCUT2D eigenvalue weighted by molar-refractivity contribution is -0.384. The number of non-ortho nitro benzene ring substituents is 1. The van der Waals surface area contributed by atoms with E-state index in [0.717, 1.165) is 12.1 Å². The van der Waals surface area contributed by atoms with Gasteiger partial charge in [-0.15, -0.1) is 0 Å². The number of hydrogen-bond acceptors (Lipinski definition) is 6. The number of hydrogen-bond donors (Lipinski definition) is 1. The van der Waals surface area contributed by atoms with E-state index in [1.165, 1.54) is 31.4 Å². The molecule has 1 aromatic carbocycles. The van der Waals surface area contributed by atoms with E-state index in [2.05, 4.69) is 15.4 Å². The molecule has 29 heavy (non-hydrogen) atoms. The molecule has 0 aliphatic carbocycles. The van der Waals surface area contributed by atoms with Gasteiger partial charge in [0.1, 0.15) is 0 Å². The van der Waals surface area contributed by atoms with Gasteiger partial charge in [0, 0.05) is 37.4 Å². The van der Waals surface area contributed by atoms with Crippen molar-refractivity contribution in [2.75, 3.05) is 20.3 Å². The molecular weight excluding hydrogens is 395 g/mol. The number of methoxy groups -OCH3 is 1. The van der Waals surface area contributed by atoms with Crippen LogP contribution >= 0.6 is 0 Å². The number of halogens is 3. The van der Waals surface area contributed by atoms with Crippen LogP contribution in [-0.4, -0.2) is 45.7 Å². The second-order valence-corrected chi connectivity index (χ2v) is 5.88. The molecule has 12 heteroatoms. The van der Waals surface area contributed by atoms with Crippen molar-refractivity contribution < 1.29 is 27.6 Å². The molecule has 1 N–H and O–H groups in total. The maximum absolute atomic E-state index is 13.5. The number of carbonyl (C=O) groups is 1. The smallest absolute Gasteiger partial charge is 0.383 e. The minimum Gasteiger partial charge on any atom is -0.383 e. The number of amides is 1. The Morgan fingerprint density at radius 2 is 1.97 bits per heavy atom. The van der Waals surface area contributed by atoms with Crippen LogP contribution in [0, 0.1) is 10.1 Å². The Labute approximate surface area is 161 Å². The lowest BCUT2D eigenvalue weighted by Gasteiger charge is -2.11. The summed E-state index contributed by atoms with van der Waals surface area (Å²) in [5, 5.41) is 16.9. The van der Waals surface area contributed by atoms with Crippen LogP contribution in [-0.2, 0) is 10.9 Å². The maximum atomic E-state index is 13.5. The molecule has 1 amide bonds. The molecule has 3 aromatic rings. The average molecular weight is 409 g/mol. The molecule has 0 unspecified atom stereocenters. The lowest BCUT2D eigenvalue weighted by Crippen LogP contribution is -2.27. The van der Waals surface area contributed by atoms with Gasteiger partial charge < -0.3 is 10.1 Å². The van der Waals surface area contributed by atoms with Crippen molar-refractivity contribution in [3.8, 4) is 11.3 Å². The van der Waals surface area contributed by atoms with Gasteiger partial charge in [-0.3, -0.25) is 14.9 Å². The number of rotatable bonds is 6. The normalized spacial score (nSPS) is 11.6. The van der Waals surface area contributed by atoms with Crippen LogP contribution in [0.4, 0.5) is 18.9 Å². The summed E-state index contributed by atoms with van der Waals surface area (Å²) in [4.78, 5) is 26.3. The fraction of sp³-hybridized carbons (Fsp3) is 0.235. The Bertz CT molecular complexity index is 1060. The molecular formula is C17H14F3N5O4. The van der Waals surface area contributed by atoms with Crippen molar-refractivity contribution in [1.29, 1.82) is 0 Å². The highest BCUT2D eigenvalue weighted by Crippen LogP contribution is 2.32. The Hall–Kier alpha value is -3.54. The molecule has 3 rings (SSSR count). The minimum atomic E-state index is -4.77. The average Bonchev–Trinajstić information content (AvgIpc) is 3.10. The fourth-order valence-corrected chi connectivity index (χ4v) is 2.55. The van der Waals surface area contributed by atoms with Gasteiger partial charge in [0.25, 0.3) is 11.6 Å². The molecule has 152 valence electrons. The summed E-state index contributed by atoms with van der Waals surface area (Å²) in [6, 6.07) is 6.83. The highest BCUT2D eigenvalue weighted by molar-refractivity contribution is 5.93. The van der Waals surface area contributed by atoms with Crippen molar-refractivity contribution in [3.05, 3.63) is 57.9 Å². The van der Waals surface area contributed by atoms with Crippen LogP contribution in [0.5, 0.6) is 0 Å². The van der Waals surface area contributed by atoms with Crippen molar-refractivity contribution >= 4 is 17.2 Å². The summed E-state index contributed by atoms with van der Waals surface area (Å²) >= 11 is 0. The Balaban J connectivity index is 2.06. The Morgan fingerprint density at radius 3 is 2.55 bits per heavy atom. The number of fused-ring (bicyclic) bond motifs is 1. The summed E-state index contributed by atoms with van der Waals surface area (Å²) < 4.78 is 46.0. The fourth-order valence-electron chi connectivity index (χ4n) is 2.55. The first-order valence-electron chi connectivity index (χ1n) is 8.20. The van der Waals surface area contributed by atoms with Crippen LogP contribution in [0.3, 0.4) is 0 Å². The number of nitrogens with zero attached hydrogens (tertiary/aromatic N) is 4. The predicted octanol–water partition coefficient (Wildman–Crippen LogP) is 2.70. The monoisotopic (exact) mass is 409 g/mol. The van der Waals surface area contributed by atoms with E-state index < -0.39 is 22.7 Å². The Morgan fingerprint density at radius 1 is 1.28 bits per heavy atom. The zero-order valence-electron chi connectivity index (χ0n) is 14.9. The van der Waals surface area contributed by atoms with E-state index in [4.69, 9.17) is 4.74 Å². The van der Waals surface area contributed by atoms with E-state index in [1.807, 2.05) is 0 Å². The molecule has 0 saturated carbocycles. The van der Waals surface area contributed by atoms with Gasteiger partial charge in [0.05, 0.1) is 17.2 Å². The van der Waals surface area contributed by atoms with E-state index in [-0.39, 0.29) is 41.4 Å². The zero-order chi connectivity index (χ0) is 21.2. The van der Waals surface area contributed by atoms with Crippen LogP contribution < -0.4 is 5.32 Å². The predicted molar refractivity (Wildman–Crippen MR) is 94.3 cm³/mol. The van der Waals surface area contributed by atoms with Crippen molar-refractivity contribution in [3.63, 3.8) is 0 Å². The number of benzene rings is 1. The summed E-state index contributed by atoms with van der Waals surface area (Å²) in [5.74, 6) is -0.669. The molecule has 0 fully saturated rings.